The monoisotopic (exact) mass is 247 g/mol. The first kappa shape index (κ1) is 14.4. The topological polar surface area (TPSA) is 37.4 Å². The Morgan fingerprint density at radius 1 is 1.11 bits per heavy atom. The lowest BCUT2D eigenvalue weighted by molar-refractivity contribution is -0.118. The van der Waals surface area contributed by atoms with Gasteiger partial charge >= 0.3 is 0 Å². The molecular weight excluding hydrogens is 226 g/mol. The van der Waals surface area contributed by atoms with Crippen LogP contribution in [0.3, 0.4) is 0 Å². The van der Waals surface area contributed by atoms with Crippen LogP contribution in [-0.2, 0) is 9.59 Å². The Kier molecular flexibility index (Phi) is 5.56. The van der Waals surface area contributed by atoms with E-state index in [1.807, 2.05) is 49.1 Å². The van der Waals surface area contributed by atoms with E-state index in [0.29, 0.717) is 18.9 Å². The van der Waals surface area contributed by atoms with Crippen LogP contribution >= 0.6 is 0 Å². The van der Waals surface area contributed by atoms with Gasteiger partial charge in [-0.1, -0.05) is 32.0 Å². The second kappa shape index (κ2) is 6.94. The summed E-state index contributed by atoms with van der Waals surface area (Å²) < 4.78 is 0. The summed E-state index contributed by atoms with van der Waals surface area (Å²) >= 11 is 0. The molecule has 0 aliphatic carbocycles. The molecule has 3 heteroatoms. The lowest BCUT2D eigenvalue weighted by Gasteiger charge is -2.23. The summed E-state index contributed by atoms with van der Waals surface area (Å²) in [6, 6.07) is 9.59. The lowest BCUT2D eigenvalue weighted by atomic mass is 10.1. The van der Waals surface area contributed by atoms with E-state index >= 15 is 0 Å². The van der Waals surface area contributed by atoms with Gasteiger partial charge in [-0.3, -0.25) is 9.59 Å². The number of para-hydroxylation sites is 1. The Bertz CT molecular complexity index is 398. The van der Waals surface area contributed by atoms with Crippen LogP contribution in [0.5, 0.6) is 0 Å². The number of anilines is 1. The molecule has 1 aromatic rings. The van der Waals surface area contributed by atoms with Crippen LogP contribution < -0.4 is 4.90 Å². The maximum atomic E-state index is 11.9. The Hall–Kier alpha value is -1.64. The van der Waals surface area contributed by atoms with Crippen LogP contribution in [0.25, 0.3) is 0 Å². The molecule has 3 nitrogen and oxygen atoms in total. The average Bonchev–Trinajstić information content (AvgIpc) is 2.27. The fourth-order valence-electron chi connectivity index (χ4n) is 1.88. The summed E-state index contributed by atoms with van der Waals surface area (Å²) in [7, 11) is 0. The largest absolute Gasteiger partial charge is 0.357 e. The van der Waals surface area contributed by atoms with Crippen molar-refractivity contribution in [3.05, 3.63) is 30.3 Å². The molecule has 0 aliphatic heterocycles. The molecule has 1 aromatic carbocycles. The second-order valence-corrected chi connectivity index (χ2v) is 5.03. The fraction of sp³-hybridized carbons (Fsp3) is 0.467. The van der Waals surface area contributed by atoms with Gasteiger partial charge in [-0.05, 0) is 25.0 Å². The molecule has 1 rings (SSSR count). The molecule has 0 aromatic heterocycles. The fourth-order valence-corrected chi connectivity index (χ4v) is 1.88. The molecule has 0 heterocycles. The first-order valence-electron chi connectivity index (χ1n) is 6.30. The number of Topliss-reactive ketones (excluding diaryl/α,β-unsaturated/α-hetero) is 2. The molecule has 0 fully saturated rings. The van der Waals surface area contributed by atoms with Crippen molar-refractivity contribution >= 4 is 17.3 Å². The predicted octanol–water partition coefficient (Wildman–Crippen LogP) is 2.70. The minimum absolute atomic E-state index is 0.0659. The third-order valence-corrected chi connectivity index (χ3v) is 2.54. The van der Waals surface area contributed by atoms with Crippen LogP contribution in [-0.4, -0.2) is 24.7 Å². The molecule has 0 N–H and O–H groups in total. The van der Waals surface area contributed by atoms with Gasteiger partial charge in [0, 0.05) is 12.1 Å². The van der Waals surface area contributed by atoms with Gasteiger partial charge in [-0.15, -0.1) is 0 Å². The molecular formula is C15H21NO2. The molecule has 0 aliphatic rings. The highest BCUT2D eigenvalue weighted by Gasteiger charge is 2.14. The second-order valence-electron chi connectivity index (χ2n) is 5.03. The van der Waals surface area contributed by atoms with Crippen molar-refractivity contribution in [3.63, 3.8) is 0 Å². The molecule has 0 atom stereocenters. The van der Waals surface area contributed by atoms with Gasteiger partial charge < -0.3 is 4.90 Å². The van der Waals surface area contributed by atoms with E-state index in [4.69, 9.17) is 0 Å². The van der Waals surface area contributed by atoms with E-state index in [1.165, 1.54) is 0 Å². The maximum Gasteiger partial charge on any atom is 0.152 e. The molecule has 0 amide bonds. The van der Waals surface area contributed by atoms with E-state index in [-0.39, 0.29) is 18.1 Å². The van der Waals surface area contributed by atoms with Crippen LogP contribution in [0.15, 0.2) is 30.3 Å². The summed E-state index contributed by atoms with van der Waals surface area (Å²) in [4.78, 5) is 25.0. The predicted molar refractivity (Wildman–Crippen MR) is 73.8 cm³/mol. The highest BCUT2D eigenvalue weighted by atomic mass is 16.1. The van der Waals surface area contributed by atoms with E-state index < -0.39 is 0 Å². The summed E-state index contributed by atoms with van der Waals surface area (Å²) in [5.41, 5.74) is 0.921. The van der Waals surface area contributed by atoms with E-state index in [0.717, 1.165) is 5.69 Å². The number of hydrogen-bond acceptors (Lipinski definition) is 3. The summed E-state index contributed by atoms with van der Waals surface area (Å²) in [5, 5.41) is 0. The standard InChI is InChI=1S/C15H21NO2/c1-12(2)9-15(18)11-16(10-13(3)17)14-7-5-4-6-8-14/h4-8,12H,9-11H2,1-3H3. The van der Waals surface area contributed by atoms with Gasteiger partial charge in [0.2, 0.25) is 0 Å². The first-order chi connectivity index (χ1) is 8.49. The van der Waals surface area contributed by atoms with Crippen molar-refractivity contribution in [1.82, 2.24) is 0 Å². The van der Waals surface area contributed by atoms with Crippen molar-refractivity contribution in [2.24, 2.45) is 5.92 Å². The Morgan fingerprint density at radius 3 is 2.22 bits per heavy atom. The Balaban J connectivity index is 2.73. The molecule has 0 bridgehead atoms. The number of rotatable bonds is 7. The minimum atomic E-state index is 0.0659. The third kappa shape index (κ3) is 5.13. The number of hydrogen-bond donors (Lipinski definition) is 0. The number of carbonyl (C=O) groups is 2. The van der Waals surface area contributed by atoms with Crippen LogP contribution in [0.4, 0.5) is 5.69 Å². The van der Waals surface area contributed by atoms with Crippen molar-refractivity contribution in [2.45, 2.75) is 27.2 Å². The van der Waals surface area contributed by atoms with E-state index in [9.17, 15) is 9.59 Å². The summed E-state index contributed by atoms with van der Waals surface area (Å²) in [6.45, 7) is 6.18. The highest BCUT2D eigenvalue weighted by Crippen LogP contribution is 2.14. The lowest BCUT2D eigenvalue weighted by Crippen LogP contribution is -2.34. The molecule has 0 saturated carbocycles. The van der Waals surface area contributed by atoms with Gasteiger partial charge in [0.1, 0.15) is 5.78 Å². The molecule has 0 radical (unpaired) electrons. The zero-order valence-electron chi connectivity index (χ0n) is 11.3. The molecule has 98 valence electrons. The zero-order chi connectivity index (χ0) is 13.5. The molecule has 18 heavy (non-hydrogen) atoms. The first-order valence-corrected chi connectivity index (χ1v) is 6.30. The third-order valence-electron chi connectivity index (χ3n) is 2.54. The van der Waals surface area contributed by atoms with Gasteiger partial charge in [0.25, 0.3) is 0 Å². The van der Waals surface area contributed by atoms with E-state index in [1.54, 1.807) is 6.92 Å². The molecule has 0 saturated heterocycles. The number of nitrogens with zero attached hydrogens (tertiary/aromatic N) is 1. The number of ketones is 2. The van der Waals surface area contributed by atoms with Crippen molar-refractivity contribution in [3.8, 4) is 0 Å². The number of benzene rings is 1. The SMILES string of the molecule is CC(=O)CN(CC(=O)CC(C)C)c1ccccc1. The smallest absolute Gasteiger partial charge is 0.152 e. The van der Waals surface area contributed by atoms with Crippen LogP contribution in [0.1, 0.15) is 27.2 Å². The quantitative estimate of drug-likeness (QED) is 0.743. The molecule has 0 unspecified atom stereocenters. The molecule has 0 spiro atoms. The summed E-state index contributed by atoms with van der Waals surface area (Å²) in [6.07, 6.45) is 0.557. The van der Waals surface area contributed by atoms with Gasteiger partial charge in [0.15, 0.2) is 5.78 Å². The normalized spacial score (nSPS) is 10.4. The van der Waals surface area contributed by atoms with Gasteiger partial charge in [0.05, 0.1) is 13.1 Å². The Labute approximate surface area is 109 Å². The minimum Gasteiger partial charge on any atom is -0.357 e. The van der Waals surface area contributed by atoms with Crippen molar-refractivity contribution < 1.29 is 9.59 Å². The maximum absolute atomic E-state index is 11.9. The van der Waals surface area contributed by atoms with E-state index in [2.05, 4.69) is 0 Å². The van der Waals surface area contributed by atoms with Gasteiger partial charge in [-0.25, -0.2) is 0 Å². The van der Waals surface area contributed by atoms with Crippen LogP contribution in [0.2, 0.25) is 0 Å². The van der Waals surface area contributed by atoms with Crippen molar-refractivity contribution in [1.29, 1.82) is 0 Å². The highest BCUT2D eigenvalue weighted by molar-refractivity contribution is 5.87. The van der Waals surface area contributed by atoms with Crippen molar-refractivity contribution in [2.75, 3.05) is 18.0 Å². The number of carbonyl (C=O) groups excluding carboxylic acids is 2. The zero-order valence-corrected chi connectivity index (χ0v) is 11.3. The van der Waals surface area contributed by atoms with Gasteiger partial charge in [-0.2, -0.15) is 0 Å². The summed E-state index contributed by atoms with van der Waals surface area (Å²) in [5.74, 6) is 0.596. The average molecular weight is 247 g/mol. The van der Waals surface area contributed by atoms with Crippen LogP contribution in [0, 0.1) is 5.92 Å². The Morgan fingerprint density at radius 2 is 1.72 bits per heavy atom.